The fourth-order valence-corrected chi connectivity index (χ4v) is 1.25. The third kappa shape index (κ3) is 2.75. The molecule has 1 N–H and O–H groups in total. The number of hydrogen-bond acceptors (Lipinski definition) is 2. The number of piperidine rings is 1. The summed E-state index contributed by atoms with van der Waals surface area (Å²) in [5.74, 6) is 0. The van der Waals surface area contributed by atoms with Gasteiger partial charge in [0.2, 0.25) is 0 Å². The van der Waals surface area contributed by atoms with Crippen LogP contribution in [-0.4, -0.2) is 32.0 Å². The summed E-state index contributed by atoms with van der Waals surface area (Å²) in [7, 11) is 0. The van der Waals surface area contributed by atoms with Crippen LogP contribution in [0.4, 0.5) is 4.39 Å². The van der Waals surface area contributed by atoms with Gasteiger partial charge in [-0.05, 0) is 19.4 Å². The van der Waals surface area contributed by atoms with Crippen molar-refractivity contribution in [2.24, 2.45) is 0 Å². The van der Waals surface area contributed by atoms with Gasteiger partial charge in [-0.15, -0.1) is 0 Å². The SMILES string of the molecule is CCCOC1CCNCC1F. The van der Waals surface area contributed by atoms with Gasteiger partial charge >= 0.3 is 0 Å². The van der Waals surface area contributed by atoms with Crippen LogP contribution < -0.4 is 5.32 Å². The summed E-state index contributed by atoms with van der Waals surface area (Å²) in [5.41, 5.74) is 0. The zero-order chi connectivity index (χ0) is 8.10. The molecular formula is C8H16FNO. The molecule has 0 bridgehead atoms. The van der Waals surface area contributed by atoms with E-state index in [0.29, 0.717) is 13.2 Å². The number of ether oxygens (including phenoxy) is 1. The molecule has 1 saturated heterocycles. The average Bonchev–Trinajstić information content (AvgIpc) is 2.03. The lowest BCUT2D eigenvalue weighted by molar-refractivity contribution is -0.0176. The van der Waals surface area contributed by atoms with Gasteiger partial charge in [-0.25, -0.2) is 4.39 Å². The number of rotatable bonds is 3. The Morgan fingerprint density at radius 1 is 1.64 bits per heavy atom. The minimum Gasteiger partial charge on any atom is -0.375 e. The molecule has 1 rings (SSSR count). The smallest absolute Gasteiger partial charge is 0.139 e. The summed E-state index contributed by atoms with van der Waals surface area (Å²) in [6.07, 6.45) is 0.809. The fourth-order valence-electron chi connectivity index (χ4n) is 1.25. The lowest BCUT2D eigenvalue weighted by atomic mass is 10.1. The van der Waals surface area contributed by atoms with E-state index in [2.05, 4.69) is 5.32 Å². The Bertz CT molecular complexity index is 110. The van der Waals surface area contributed by atoms with E-state index >= 15 is 0 Å². The van der Waals surface area contributed by atoms with Gasteiger partial charge in [-0.3, -0.25) is 0 Å². The summed E-state index contributed by atoms with van der Waals surface area (Å²) < 4.78 is 18.3. The molecule has 11 heavy (non-hydrogen) atoms. The Morgan fingerprint density at radius 3 is 3.09 bits per heavy atom. The Balaban J connectivity index is 2.18. The zero-order valence-corrected chi connectivity index (χ0v) is 6.98. The van der Waals surface area contributed by atoms with Crippen LogP contribution in [0.5, 0.6) is 0 Å². The third-order valence-electron chi connectivity index (χ3n) is 1.88. The van der Waals surface area contributed by atoms with Gasteiger partial charge in [0.15, 0.2) is 0 Å². The third-order valence-corrected chi connectivity index (χ3v) is 1.88. The predicted octanol–water partition coefficient (Wildman–Crippen LogP) is 1.11. The molecule has 1 heterocycles. The topological polar surface area (TPSA) is 21.3 Å². The minimum absolute atomic E-state index is 0.156. The van der Waals surface area contributed by atoms with Crippen molar-refractivity contribution >= 4 is 0 Å². The first-order valence-corrected chi connectivity index (χ1v) is 4.31. The average molecular weight is 161 g/mol. The molecule has 0 amide bonds. The first-order chi connectivity index (χ1) is 5.34. The second-order valence-corrected chi connectivity index (χ2v) is 2.92. The quantitative estimate of drug-likeness (QED) is 0.669. The molecule has 1 fully saturated rings. The van der Waals surface area contributed by atoms with Gasteiger partial charge in [-0.1, -0.05) is 6.92 Å². The Morgan fingerprint density at radius 2 is 2.45 bits per heavy atom. The minimum atomic E-state index is -0.810. The molecule has 0 aliphatic carbocycles. The molecule has 0 aromatic rings. The van der Waals surface area contributed by atoms with Crippen molar-refractivity contribution < 1.29 is 9.13 Å². The molecule has 0 aromatic carbocycles. The second kappa shape index (κ2) is 4.67. The van der Waals surface area contributed by atoms with Gasteiger partial charge in [0.05, 0.1) is 6.10 Å². The van der Waals surface area contributed by atoms with Crippen molar-refractivity contribution in [2.45, 2.75) is 32.0 Å². The van der Waals surface area contributed by atoms with Gasteiger partial charge in [0.1, 0.15) is 6.17 Å². The number of nitrogens with one attached hydrogen (secondary N) is 1. The van der Waals surface area contributed by atoms with Crippen molar-refractivity contribution in [1.29, 1.82) is 0 Å². The van der Waals surface area contributed by atoms with Crippen LogP contribution in [0, 0.1) is 0 Å². The van der Waals surface area contributed by atoms with Gasteiger partial charge in [0, 0.05) is 13.2 Å². The standard InChI is InChI=1S/C8H16FNO/c1-2-5-11-8-3-4-10-6-7(8)9/h7-8,10H,2-6H2,1H3. The maximum absolute atomic E-state index is 13.0. The van der Waals surface area contributed by atoms with Gasteiger partial charge < -0.3 is 10.1 Å². The first-order valence-electron chi connectivity index (χ1n) is 4.31. The van der Waals surface area contributed by atoms with Crippen LogP contribution in [0.3, 0.4) is 0 Å². The van der Waals surface area contributed by atoms with Crippen molar-refractivity contribution in [2.75, 3.05) is 19.7 Å². The van der Waals surface area contributed by atoms with Crippen molar-refractivity contribution in [1.82, 2.24) is 5.32 Å². The molecule has 1 aliphatic heterocycles. The monoisotopic (exact) mass is 161 g/mol. The van der Waals surface area contributed by atoms with Crippen LogP contribution in [0.25, 0.3) is 0 Å². The molecule has 66 valence electrons. The van der Waals surface area contributed by atoms with E-state index in [-0.39, 0.29) is 6.10 Å². The molecular weight excluding hydrogens is 145 g/mol. The molecule has 0 saturated carbocycles. The molecule has 0 radical (unpaired) electrons. The predicted molar refractivity (Wildman–Crippen MR) is 42.4 cm³/mol. The van der Waals surface area contributed by atoms with E-state index in [1.807, 2.05) is 6.92 Å². The Kier molecular flexibility index (Phi) is 3.80. The largest absolute Gasteiger partial charge is 0.375 e. The van der Waals surface area contributed by atoms with Crippen molar-refractivity contribution in [3.8, 4) is 0 Å². The molecule has 2 unspecified atom stereocenters. The molecule has 3 heteroatoms. The summed E-state index contributed by atoms with van der Waals surface area (Å²) >= 11 is 0. The lowest BCUT2D eigenvalue weighted by Crippen LogP contribution is -2.42. The molecule has 0 spiro atoms. The van der Waals surface area contributed by atoms with Gasteiger partial charge in [0.25, 0.3) is 0 Å². The Hall–Kier alpha value is -0.150. The van der Waals surface area contributed by atoms with Crippen LogP contribution >= 0.6 is 0 Å². The lowest BCUT2D eigenvalue weighted by Gasteiger charge is -2.26. The number of halogens is 1. The molecule has 2 nitrogen and oxygen atoms in total. The highest BCUT2D eigenvalue weighted by Gasteiger charge is 2.24. The normalized spacial score (nSPS) is 32.2. The molecule has 2 atom stereocenters. The number of alkyl halides is 1. The van der Waals surface area contributed by atoms with E-state index in [1.54, 1.807) is 0 Å². The van der Waals surface area contributed by atoms with Crippen molar-refractivity contribution in [3.63, 3.8) is 0 Å². The van der Waals surface area contributed by atoms with Crippen LogP contribution in [0.1, 0.15) is 19.8 Å². The van der Waals surface area contributed by atoms with E-state index in [9.17, 15) is 4.39 Å². The van der Waals surface area contributed by atoms with Gasteiger partial charge in [-0.2, -0.15) is 0 Å². The number of hydrogen-bond donors (Lipinski definition) is 1. The highest BCUT2D eigenvalue weighted by atomic mass is 19.1. The summed E-state index contributed by atoms with van der Waals surface area (Å²) in [6, 6.07) is 0. The van der Waals surface area contributed by atoms with Crippen molar-refractivity contribution in [3.05, 3.63) is 0 Å². The second-order valence-electron chi connectivity index (χ2n) is 2.92. The van der Waals surface area contributed by atoms with Crippen LogP contribution in [0.2, 0.25) is 0 Å². The van der Waals surface area contributed by atoms with Crippen LogP contribution in [-0.2, 0) is 4.74 Å². The zero-order valence-electron chi connectivity index (χ0n) is 6.98. The highest BCUT2D eigenvalue weighted by Crippen LogP contribution is 2.11. The van der Waals surface area contributed by atoms with Crippen LogP contribution in [0.15, 0.2) is 0 Å². The fraction of sp³-hybridized carbons (Fsp3) is 1.00. The van der Waals surface area contributed by atoms with E-state index in [4.69, 9.17) is 4.74 Å². The maximum atomic E-state index is 13.0. The molecule has 1 aliphatic rings. The van der Waals surface area contributed by atoms with E-state index < -0.39 is 6.17 Å². The first kappa shape index (κ1) is 8.94. The molecule has 0 aromatic heterocycles. The summed E-state index contributed by atoms with van der Waals surface area (Å²) in [6.45, 7) is 4.06. The Labute approximate surface area is 67.1 Å². The highest BCUT2D eigenvalue weighted by molar-refractivity contribution is 4.77. The summed E-state index contributed by atoms with van der Waals surface area (Å²) in [5, 5.41) is 2.99. The summed E-state index contributed by atoms with van der Waals surface area (Å²) in [4.78, 5) is 0. The van der Waals surface area contributed by atoms with E-state index in [1.165, 1.54) is 0 Å². The van der Waals surface area contributed by atoms with E-state index in [0.717, 1.165) is 19.4 Å². The maximum Gasteiger partial charge on any atom is 0.139 e.